The predicted octanol–water partition coefficient (Wildman–Crippen LogP) is 4.00. The summed E-state index contributed by atoms with van der Waals surface area (Å²) in [5, 5.41) is 0. The lowest BCUT2D eigenvalue weighted by atomic mass is 9.62. The summed E-state index contributed by atoms with van der Waals surface area (Å²) in [5.41, 5.74) is 0.795. The Kier molecular flexibility index (Phi) is 2.98. The van der Waals surface area contributed by atoms with Gasteiger partial charge in [-0.05, 0) is 37.0 Å². The third-order valence-electron chi connectivity index (χ3n) is 3.04. The first kappa shape index (κ1) is 9.09. The monoisotopic (exact) mass is 154 g/mol. The molecule has 1 fully saturated rings. The maximum atomic E-state index is 2.36. The SMILES string of the molecule is CCCC1(CC(C)C)CCC1. The number of hydrogen-bond acceptors (Lipinski definition) is 0. The van der Waals surface area contributed by atoms with Gasteiger partial charge in [0.1, 0.15) is 0 Å². The van der Waals surface area contributed by atoms with Crippen molar-refractivity contribution in [3.05, 3.63) is 0 Å². The van der Waals surface area contributed by atoms with E-state index in [0.29, 0.717) is 0 Å². The van der Waals surface area contributed by atoms with Crippen LogP contribution >= 0.6 is 0 Å². The molecule has 0 heteroatoms. The summed E-state index contributed by atoms with van der Waals surface area (Å²) in [4.78, 5) is 0. The molecule has 0 amide bonds. The Bertz CT molecular complexity index is 109. The van der Waals surface area contributed by atoms with E-state index in [0.717, 1.165) is 11.3 Å². The van der Waals surface area contributed by atoms with Crippen molar-refractivity contribution in [2.45, 2.75) is 59.3 Å². The normalized spacial score (nSPS) is 21.8. The van der Waals surface area contributed by atoms with Crippen LogP contribution in [0.15, 0.2) is 0 Å². The molecule has 0 aromatic carbocycles. The van der Waals surface area contributed by atoms with Gasteiger partial charge in [0.25, 0.3) is 0 Å². The number of rotatable bonds is 4. The van der Waals surface area contributed by atoms with E-state index in [4.69, 9.17) is 0 Å². The van der Waals surface area contributed by atoms with Crippen LogP contribution in [0.25, 0.3) is 0 Å². The van der Waals surface area contributed by atoms with Crippen LogP contribution in [0.4, 0.5) is 0 Å². The fourth-order valence-corrected chi connectivity index (χ4v) is 2.63. The maximum Gasteiger partial charge on any atom is -0.0295 e. The third-order valence-corrected chi connectivity index (χ3v) is 3.04. The summed E-state index contributed by atoms with van der Waals surface area (Å²) < 4.78 is 0. The molecule has 1 aliphatic rings. The molecule has 0 heterocycles. The smallest absolute Gasteiger partial charge is 0.0295 e. The summed E-state index contributed by atoms with van der Waals surface area (Å²) in [6.45, 7) is 7.03. The Morgan fingerprint density at radius 3 is 2.18 bits per heavy atom. The van der Waals surface area contributed by atoms with Crippen molar-refractivity contribution in [3.63, 3.8) is 0 Å². The average Bonchev–Trinajstić information content (AvgIpc) is 1.82. The second-order valence-corrected chi connectivity index (χ2v) is 4.70. The van der Waals surface area contributed by atoms with Crippen molar-refractivity contribution in [2.75, 3.05) is 0 Å². The molecule has 0 N–H and O–H groups in total. The Balaban J connectivity index is 2.33. The standard InChI is InChI=1S/C11H22/c1-4-6-11(7-5-8-11)9-10(2)3/h10H,4-9H2,1-3H3. The molecule has 0 aromatic rings. The zero-order chi connectivity index (χ0) is 8.32. The zero-order valence-electron chi connectivity index (χ0n) is 8.32. The first-order chi connectivity index (χ1) is 5.18. The van der Waals surface area contributed by atoms with Crippen LogP contribution in [-0.4, -0.2) is 0 Å². The summed E-state index contributed by atoms with van der Waals surface area (Å²) in [7, 11) is 0. The first-order valence-electron chi connectivity index (χ1n) is 5.18. The van der Waals surface area contributed by atoms with E-state index in [1.807, 2.05) is 0 Å². The molecule has 0 atom stereocenters. The minimum Gasteiger partial charge on any atom is -0.0654 e. The van der Waals surface area contributed by atoms with E-state index in [1.165, 1.54) is 38.5 Å². The molecule has 0 aliphatic heterocycles. The van der Waals surface area contributed by atoms with Gasteiger partial charge in [0.05, 0.1) is 0 Å². The third kappa shape index (κ3) is 2.21. The number of hydrogen-bond donors (Lipinski definition) is 0. The van der Waals surface area contributed by atoms with Crippen molar-refractivity contribution in [1.29, 1.82) is 0 Å². The van der Waals surface area contributed by atoms with Crippen LogP contribution in [-0.2, 0) is 0 Å². The topological polar surface area (TPSA) is 0 Å². The molecule has 0 spiro atoms. The fourth-order valence-electron chi connectivity index (χ4n) is 2.63. The lowest BCUT2D eigenvalue weighted by Gasteiger charge is -2.43. The zero-order valence-corrected chi connectivity index (χ0v) is 8.32. The van der Waals surface area contributed by atoms with Crippen molar-refractivity contribution in [3.8, 4) is 0 Å². The summed E-state index contributed by atoms with van der Waals surface area (Å²) in [5.74, 6) is 0.904. The molecule has 1 aliphatic carbocycles. The Morgan fingerprint density at radius 2 is 1.91 bits per heavy atom. The van der Waals surface area contributed by atoms with Gasteiger partial charge in [-0.25, -0.2) is 0 Å². The Labute approximate surface area is 71.4 Å². The van der Waals surface area contributed by atoms with Crippen LogP contribution in [0.2, 0.25) is 0 Å². The van der Waals surface area contributed by atoms with Gasteiger partial charge in [-0.3, -0.25) is 0 Å². The second-order valence-electron chi connectivity index (χ2n) is 4.70. The van der Waals surface area contributed by atoms with Gasteiger partial charge >= 0.3 is 0 Å². The Morgan fingerprint density at radius 1 is 1.27 bits per heavy atom. The molecule has 0 nitrogen and oxygen atoms in total. The molecule has 66 valence electrons. The lowest BCUT2D eigenvalue weighted by Crippen LogP contribution is -2.30. The molecule has 0 bridgehead atoms. The largest absolute Gasteiger partial charge is 0.0654 e. The van der Waals surface area contributed by atoms with Gasteiger partial charge in [-0.15, -0.1) is 0 Å². The van der Waals surface area contributed by atoms with Crippen molar-refractivity contribution in [1.82, 2.24) is 0 Å². The van der Waals surface area contributed by atoms with E-state index in [1.54, 1.807) is 0 Å². The lowest BCUT2D eigenvalue weighted by molar-refractivity contribution is 0.0871. The van der Waals surface area contributed by atoms with Crippen LogP contribution in [0.1, 0.15) is 59.3 Å². The van der Waals surface area contributed by atoms with Gasteiger partial charge in [0.2, 0.25) is 0 Å². The molecule has 11 heavy (non-hydrogen) atoms. The average molecular weight is 154 g/mol. The van der Waals surface area contributed by atoms with Gasteiger partial charge in [0, 0.05) is 0 Å². The fraction of sp³-hybridized carbons (Fsp3) is 1.00. The van der Waals surface area contributed by atoms with Crippen LogP contribution in [0, 0.1) is 11.3 Å². The van der Waals surface area contributed by atoms with E-state index in [9.17, 15) is 0 Å². The van der Waals surface area contributed by atoms with E-state index in [2.05, 4.69) is 20.8 Å². The highest BCUT2D eigenvalue weighted by atomic mass is 14.4. The summed E-state index contributed by atoms with van der Waals surface area (Å²) >= 11 is 0. The molecule has 1 saturated carbocycles. The second kappa shape index (κ2) is 3.60. The molecular weight excluding hydrogens is 132 g/mol. The molecule has 1 rings (SSSR count). The van der Waals surface area contributed by atoms with Gasteiger partial charge in [-0.1, -0.05) is 33.6 Å². The van der Waals surface area contributed by atoms with E-state index in [-0.39, 0.29) is 0 Å². The van der Waals surface area contributed by atoms with Crippen LogP contribution in [0.5, 0.6) is 0 Å². The molecular formula is C11H22. The van der Waals surface area contributed by atoms with Gasteiger partial charge in [-0.2, -0.15) is 0 Å². The minimum absolute atomic E-state index is 0.795. The van der Waals surface area contributed by atoms with Gasteiger partial charge in [0.15, 0.2) is 0 Å². The summed E-state index contributed by atoms with van der Waals surface area (Å²) in [6, 6.07) is 0. The van der Waals surface area contributed by atoms with Crippen molar-refractivity contribution < 1.29 is 0 Å². The van der Waals surface area contributed by atoms with Crippen LogP contribution in [0.3, 0.4) is 0 Å². The highest BCUT2D eigenvalue weighted by molar-refractivity contribution is 4.87. The maximum absolute atomic E-state index is 2.36. The van der Waals surface area contributed by atoms with Crippen molar-refractivity contribution in [2.24, 2.45) is 11.3 Å². The molecule has 0 radical (unpaired) electrons. The molecule has 0 saturated heterocycles. The van der Waals surface area contributed by atoms with Crippen molar-refractivity contribution >= 4 is 0 Å². The van der Waals surface area contributed by atoms with E-state index >= 15 is 0 Å². The highest BCUT2D eigenvalue weighted by Gasteiger charge is 2.35. The first-order valence-corrected chi connectivity index (χ1v) is 5.18. The highest BCUT2D eigenvalue weighted by Crippen LogP contribution is 2.49. The van der Waals surface area contributed by atoms with Crippen LogP contribution < -0.4 is 0 Å². The minimum atomic E-state index is 0.795. The summed E-state index contributed by atoms with van der Waals surface area (Å²) in [6.07, 6.45) is 8.85. The van der Waals surface area contributed by atoms with E-state index < -0.39 is 0 Å². The van der Waals surface area contributed by atoms with Gasteiger partial charge < -0.3 is 0 Å². The molecule has 0 aromatic heterocycles. The predicted molar refractivity (Wildman–Crippen MR) is 50.6 cm³/mol. The quantitative estimate of drug-likeness (QED) is 0.574. The Hall–Kier alpha value is 0. The molecule has 0 unspecified atom stereocenters.